The number of pyridine rings is 1. The van der Waals surface area contributed by atoms with E-state index in [1.165, 1.54) is 12.3 Å². The number of carbonyl (C=O) groups is 1. The van der Waals surface area contributed by atoms with Gasteiger partial charge in [-0.1, -0.05) is 30.3 Å². The van der Waals surface area contributed by atoms with Crippen LogP contribution >= 0.6 is 0 Å². The minimum atomic E-state index is -0.216. The van der Waals surface area contributed by atoms with E-state index in [4.69, 9.17) is 4.74 Å². The molecule has 1 N–H and O–H groups in total. The van der Waals surface area contributed by atoms with Crippen LogP contribution in [0.2, 0.25) is 0 Å². The summed E-state index contributed by atoms with van der Waals surface area (Å²) >= 11 is 0. The Hall–Kier alpha value is -2.40. The van der Waals surface area contributed by atoms with Crippen molar-refractivity contribution >= 4 is 5.91 Å². The second kappa shape index (κ2) is 6.15. The lowest BCUT2D eigenvalue weighted by Gasteiger charge is -2.39. The number of rotatable bonds is 2. The van der Waals surface area contributed by atoms with Crippen LogP contribution in [0.5, 0.6) is 0 Å². The van der Waals surface area contributed by atoms with E-state index in [-0.39, 0.29) is 23.6 Å². The number of amides is 1. The lowest BCUT2D eigenvalue weighted by molar-refractivity contribution is -0.0447. The summed E-state index contributed by atoms with van der Waals surface area (Å²) in [6, 6.07) is 12.7. The molecular formula is C17H18N2O3. The Morgan fingerprint density at radius 3 is 2.68 bits per heavy atom. The first-order chi connectivity index (χ1) is 10.6. The summed E-state index contributed by atoms with van der Waals surface area (Å²) in [6.45, 7) is 2.95. The van der Waals surface area contributed by atoms with Crippen LogP contribution in [0.4, 0.5) is 0 Å². The van der Waals surface area contributed by atoms with Gasteiger partial charge in [0.2, 0.25) is 5.56 Å². The van der Waals surface area contributed by atoms with Gasteiger partial charge in [0.15, 0.2) is 0 Å². The molecule has 2 aromatic rings. The Morgan fingerprint density at radius 1 is 1.23 bits per heavy atom. The number of hydrogen-bond donors (Lipinski definition) is 1. The van der Waals surface area contributed by atoms with Gasteiger partial charge in [-0.05, 0) is 18.6 Å². The smallest absolute Gasteiger partial charge is 0.256 e. The molecule has 1 aromatic heterocycles. The fraction of sp³-hybridized carbons (Fsp3) is 0.294. The van der Waals surface area contributed by atoms with Crippen molar-refractivity contribution < 1.29 is 9.53 Å². The Balaban J connectivity index is 1.91. The summed E-state index contributed by atoms with van der Waals surface area (Å²) in [5.41, 5.74) is 1.31. The van der Waals surface area contributed by atoms with Crippen molar-refractivity contribution in [2.24, 2.45) is 0 Å². The molecule has 0 spiro atoms. The van der Waals surface area contributed by atoms with Crippen molar-refractivity contribution in [1.29, 1.82) is 0 Å². The quantitative estimate of drug-likeness (QED) is 0.922. The molecule has 1 amide bonds. The zero-order valence-electron chi connectivity index (χ0n) is 12.4. The zero-order chi connectivity index (χ0) is 15.5. The van der Waals surface area contributed by atoms with E-state index in [9.17, 15) is 9.59 Å². The maximum absolute atomic E-state index is 12.8. The average molecular weight is 298 g/mol. The normalized spacial score (nSPS) is 21.6. The van der Waals surface area contributed by atoms with Crippen molar-refractivity contribution in [2.75, 3.05) is 13.2 Å². The summed E-state index contributed by atoms with van der Waals surface area (Å²) in [5.74, 6) is -0.0970. The third-order valence-electron chi connectivity index (χ3n) is 3.84. The molecule has 3 rings (SSSR count). The van der Waals surface area contributed by atoms with E-state index in [1.807, 2.05) is 42.2 Å². The van der Waals surface area contributed by atoms with Crippen LogP contribution in [-0.4, -0.2) is 35.0 Å². The van der Waals surface area contributed by atoms with Gasteiger partial charge in [-0.15, -0.1) is 0 Å². The number of nitrogens with one attached hydrogen (secondary N) is 1. The van der Waals surface area contributed by atoms with Crippen molar-refractivity contribution in [3.8, 4) is 0 Å². The van der Waals surface area contributed by atoms with E-state index in [1.54, 1.807) is 6.07 Å². The van der Waals surface area contributed by atoms with Gasteiger partial charge in [-0.3, -0.25) is 9.59 Å². The monoisotopic (exact) mass is 298 g/mol. The number of morpholine rings is 1. The van der Waals surface area contributed by atoms with Crippen LogP contribution in [0, 0.1) is 0 Å². The Morgan fingerprint density at radius 2 is 2.00 bits per heavy atom. The molecule has 1 aliphatic rings. The fourth-order valence-corrected chi connectivity index (χ4v) is 2.69. The van der Waals surface area contributed by atoms with Crippen molar-refractivity contribution in [2.45, 2.75) is 19.1 Å². The molecule has 0 unspecified atom stereocenters. The molecule has 5 nitrogen and oxygen atoms in total. The summed E-state index contributed by atoms with van der Waals surface area (Å²) in [4.78, 5) is 28.3. The zero-order valence-corrected chi connectivity index (χ0v) is 12.4. The van der Waals surface area contributed by atoms with E-state index in [0.29, 0.717) is 18.7 Å². The highest BCUT2D eigenvalue weighted by molar-refractivity contribution is 5.94. The largest absolute Gasteiger partial charge is 0.374 e. The predicted molar refractivity (Wildman–Crippen MR) is 82.7 cm³/mol. The van der Waals surface area contributed by atoms with Crippen LogP contribution in [0.15, 0.2) is 53.5 Å². The van der Waals surface area contributed by atoms with Gasteiger partial charge in [0.1, 0.15) is 0 Å². The molecular weight excluding hydrogens is 280 g/mol. The maximum atomic E-state index is 12.8. The molecule has 2 atom stereocenters. The Bertz CT molecular complexity index is 691. The molecule has 0 radical (unpaired) electrons. The number of aromatic amines is 1. The predicted octanol–water partition coefficient (Wildman–Crippen LogP) is 1.98. The van der Waals surface area contributed by atoms with Gasteiger partial charge < -0.3 is 14.6 Å². The SMILES string of the molecule is C[C@@H]1CN(C(=O)c2ccc(=O)[nH]c2)[C@@H](c2ccccc2)CO1. The van der Waals surface area contributed by atoms with Crippen LogP contribution < -0.4 is 5.56 Å². The molecule has 5 heteroatoms. The van der Waals surface area contributed by atoms with E-state index in [2.05, 4.69) is 4.98 Å². The second-order valence-corrected chi connectivity index (χ2v) is 5.47. The molecule has 1 aromatic carbocycles. The highest BCUT2D eigenvalue weighted by Gasteiger charge is 2.32. The molecule has 1 fully saturated rings. The highest BCUT2D eigenvalue weighted by atomic mass is 16.5. The molecule has 22 heavy (non-hydrogen) atoms. The molecule has 0 bridgehead atoms. The molecule has 1 saturated heterocycles. The average Bonchev–Trinajstić information content (AvgIpc) is 2.55. The van der Waals surface area contributed by atoms with Gasteiger partial charge in [-0.2, -0.15) is 0 Å². The lowest BCUT2D eigenvalue weighted by atomic mass is 10.0. The van der Waals surface area contributed by atoms with Gasteiger partial charge in [0, 0.05) is 18.8 Å². The number of benzene rings is 1. The minimum Gasteiger partial charge on any atom is -0.374 e. The van der Waals surface area contributed by atoms with Crippen LogP contribution in [0.1, 0.15) is 28.9 Å². The van der Waals surface area contributed by atoms with E-state index < -0.39 is 0 Å². The number of nitrogens with zero attached hydrogens (tertiary/aromatic N) is 1. The first-order valence-corrected chi connectivity index (χ1v) is 7.31. The van der Waals surface area contributed by atoms with Gasteiger partial charge >= 0.3 is 0 Å². The number of hydrogen-bond acceptors (Lipinski definition) is 3. The summed E-state index contributed by atoms with van der Waals surface area (Å²) in [6.07, 6.45) is 1.46. The van der Waals surface area contributed by atoms with Crippen LogP contribution in [0.3, 0.4) is 0 Å². The summed E-state index contributed by atoms with van der Waals surface area (Å²) in [5, 5.41) is 0. The van der Waals surface area contributed by atoms with E-state index >= 15 is 0 Å². The third-order valence-corrected chi connectivity index (χ3v) is 3.84. The first-order valence-electron chi connectivity index (χ1n) is 7.31. The Kier molecular flexibility index (Phi) is 4.06. The fourth-order valence-electron chi connectivity index (χ4n) is 2.69. The van der Waals surface area contributed by atoms with Gasteiger partial charge in [-0.25, -0.2) is 0 Å². The molecule has 2 heterocycles. The van der Waals surface area contributed by atoms with E-state index in [0.717, 1.165) is 5.56 Å². The second-order valence-electron chi connectivity index (χ2n) is 5.47. The molecule has 114 valence electrons. The number of ether oxygens (including phenoxy) is 1. The molecule has 1 aliphatic heterocycles. The summed E-state index contributed by atoms with van der Waals surface area (Å²) < 4.78 is 5.73. The van der Waals surface area contributed by atoms with Gasteiger partial charge in [0.05, 0.1) is 24.3 Å². The topological polar surface area (TPSA) is 62.4 Å². The minimum absolute atomic E-state index is 0.00771. The number of H-pyrrole nitrogens is 1. The van der Waals surface area contributed by atoms with Gasteiger partial charge in [0.25, 0.3) is 5.91 Å². The lowest BCUT2D eigenvalue weighted by Crippen LogP contribution is -2.46. The van der Waals surface area contributed by atoms with Crippen LogP contribution in [-0.2, 0) is 4.74 Å². The van der Waals surface area contributed by atoms with Crippen molar-refractivity contribution in [3.05, 3.63) is 70.1 Å². The highest BCUT2D eigenvalue weighted by Crippen LogP contribution is 2.27. The summed E-state index contributed by atoms with van der Waals surface area (Å²) in [7, 11) is 0. The Labute approximate surface area is 128 Å². The first kappa shape index (κ1) is 14.5. The molecule has 0 aliphatic carbocycles. The standard InChI is InChI=1S/C17H18N2O3/c1-12-10-19(17(21)14-7-8-16(20)18-9-14)15(11-22-12)13-5-3-2-4-6-13/h2-9,12,15H,10-11H2,1H3,(H,18,20)/t12-,15-/m1/s1. The van der Waals surface area contributed by atoms with Crippen molar-refractivity contribution in [1.82, 2.24) is 9.88 Å². The number of aromatic nitrogens is 1. The number of carbonyl (C=O) groups excluding carboxylic acids is 1. The third kappa shape index (κ3) is 2.94. The van der Waals surface area contributed by atoms with Crippen LogP contribution in [0.25, 0.3) is 0 Å². The molecule has 0 saturated carbocycles. The maximum Gasteiger partial charge on any atom is 0.256 e. The van der Waals surface area contributed by atoms with Crippen molar-refractivity contribution in [3.63, 3.8) is 0 Å².